The van der Waals surface area contributed by atoms with Crippen LogP contribution in [0.3, 0.4) is 0 Å². The molecule has 0 saturated heterocycles. The molecular weight excluding hydrogens is 486 g/mol. The quantitative estimate of drug-likeness (QED) is 0.512. The molecule has 0 bridgehead atoms. The number of halogens is 4. The minimum Gasteiger partial charge on any atom is -0.390 e. The normalized spacial score (nSPS) is 13.3. The van der Waals surface area contributed by atoms with Gasteiger partial charge in [-0.2, -0.15) is 0 Å². The van der Waals surface area contributed by atoms with Gasteiger partial charge in [0.1, 0.15) is 11.6 Å². The molecular formula is C19H20Br2F2N2O2. The number of aliphatic hydroxyl groups is 1. The van der Waals surface area contributed by atoms with Crippen molar-refractivity contribution in [1.29, 1.82) is 0 Å². The van der Waals surface area contributed by atoms with Crippen LogP contribution in [0.4, 0.5) is 8.78 Å². The van der Waals surface area contributed by atoms with Gasteiger partial charge in [0.15, 0.2) is 0 Å². The van der Waals surface area contributed by atoms with Gasteiger partial charge in [-0.05, 0) is 73.7 Å². The molecule has 0 radical (unpaired) electrons. The molecule has 2 rings (SSSR count). The molecule has 0 aliphatic heterocycles. The summed E-state index contributed by atoms with van der Waals surface area (Å²) in [4.78, 5) is 11.4. The van der Waals surface area contributed by atoms with E-state index >= 15 is 0 Å². The molecule has 2 atom stereocenters. The van der Waals surface area contributed by atoms with Crippen molar-refractivity contribution in [3.63, 3.8) is 0 Å². The third kappa shape index (κ3) is 7.29. The highest BCUT2D eigenvalue weighted by molar-refractivity contribution is 9.13. The Morgan fingerprint density at radius 1 is 1.07 bits per heavy atom. The summed E-state index contributed by atoms with van der Waals surface area (Å²) in [5.41, 5.74) is 1.38. The van der Waals surface area contributed by atoms with Crippen molar-refractivity contribution in [3.8, 4) is 0 Å². The standard InChI is InChI=1S/C19H20Br2F2N2O2/c1-11(26)25-18(7-13-4-14(22)8-15(23)5-13)19(27)10-24-9-12-2-3-16(20)17(21)6-12/h2-6,8,18-19,24,27H,7,9-10H2,1H3,(H,25,26)/t18-,19+/m0/s1. The first-order valence-electron chi connectivity index (χ1n) is 8.29. The maximum absolute atomic E-state index is 13.4. The van der Waals surface area contributed by atoms with Gasteiger partial charge in [0, 0.05) is 35.0 Å². The summed E-state index contributed by atoms with van der Waals surface area (Å²) in [6, 6.07) is 8.29. The van der Waals surface area contributed by atoms with Crippen molar-refractivity contribution in [2.45, 2.75) is 32.0 Å². The molecule has 0 spiro atoms. The highest BCUT2D eigenvalue weighted by atomic mass is 79.9. The Kier molecular flexibility index (Phi) is 8.34. The van der Waals surface area contributed by atoms with Gasteiger partial charge in [-0.25, -0.2) is 8.78 Å². The van der Waals surface area contributed by atoms with Crippen LogP contribution in [-0.4, -0.2) is 29.7 Å². The molecule has 0 aromatic heterocycles. The second kappa shape index (κ2) is 10.3. The van der Waals surface area contributed by atoms with Crippen molar-refractivity contribution in [1.82, 2.24) is 10.6 Å². The Morgan fingerprint density at radius 3 is 2.33 bits per heavy atom. The molecule has 0 heterocycles. The minimum absolute atomic E-state index is 0.112. The van der Waals surface area contributed by atoms with Gasteiger partial charge < -0.3 is 15.7 Å². The third-order valence-corrected chi connectivity index (χ3v) is 5.78. The average Bonchev–Trinajstić information content (AvgIpc) is 2.56. The van der Waals surface area contributed by atoms with Gasteiger partial charge in [0.25, 0.3) is 0 Å². The smallest absolute Gasteiger partial charge is 0.217 e. The SMILES string of the molecule is CC(=O)N[C@@H](Cc1cc(F)cc(F)c1)[C@H](O)CNCc1ccc(Br)c(Br)c1. The Labute approximate surface area is 173 Å². The topological polar surface area (TPSA) is 61.4 Å². The van der Waals surface area contributed by atoms with Crippen LogP contribution in [-0.2, 0) is 17.8 Å². The van der Waals surface area contributed by atoms with Crippen LogP contribution in [0.5, 0.6) is 0 Å². The molecule has 3 N–H and O–H groups in total. The van der Waals surface area contributed by atoms with Gasteiger partial charge in [-0.15, -0.1) is 0 Å². The van der Waals surface area contributed by atoms with Gasteiger partial charge >= 0.3 is 0 Å². The van der Waals surface area contributed by atoms with Gasteiger partial charge in [0.2, 0.25) is 5.91 Å². The van der Waals surface area contributed by atoms with Crippen molar-refractivity contribution < 1.29 is 18.7 Å². The molecule has 2 aromatic rings. The average molecular weight is 506 g/mol. The van der Waals surface area contributed by atoms with Crippen LogP contribution in [0.2, 0.25) is 0 Å². The number of aliphatic hydroxyl groups excluding tert-OH is 1. The number of carbonyl (C=O) groups excluding carboxylic acids is 1. The van der Waals surface area contributed by atoms with E-state index in [1.165, 1.54) is 19.1 Å². The lowest BCUT2D eigenvalue weighted by atomic mass is 10.0. The molecule has 146 valence electrons. The second-order valence-corrected chi connectivity index (χ2v) is 7.94. The van der Waals surface area contributed by atoms with Crippen molar-refractivity contribution in [2.24, 2.45) is 0 Å². The second-order valence-electron chi connectivity index (χ2n) is 6.24. The lowest BCUT2D eigenvalue weighted by Gasteiger charge is -2.24. The number of hydrogen-bond donors (Lipinski definition) is 3. The fourth-order valence-electron chi connectivity index (χ4n) is 2.68. The molecule has 1 amide bonds. The van der Waals surface area contributed by atoms with Gasteiger partial charge in [-0.3, -0.25) is 4.79 Å². The van der Waals surface area contributed by atoms with Crippen molar-refractivity contribution in [2.75, 3.05) is 6.54 Å². The van der Waals surface area contributed by atoms with Crippen molar-refractivity contribution in [3.05, 3.63) is 68.1 Å². The fourth-order valence-corrected chi connectivity index (χ4v) is 3.36. The Bertz CT molecular complexity index is 785. The first kappa shape index (κ1) is 21.9. The summed E-state index contributed by atoms with van der Waals surface area (Å²) in [6.07, 6.45) is -0.819. The summed E-state index contributed by atoms with van der Waals surface area (Å²) in [5.74, 6) is -1.72. The van der Waals surface area contributed by atoms with E-state index in [4.69, 9.17) is 0 Å². The highest BCUT2D eigenvalue weighted by Gasteiger charge is 2.21. The molecule has 2 aromatic carbocycles. The maximum atomic E-state index is 13.4. The predicted molar refractivity (Wildman–Crippen MR) is 107 cm³/mol. The molecule has 4 nitrogen and oxygen atoms in total. The highest BCUT2D eigenvalue weighted by Crippen LogP contribution is 2.23. The van der Waals surface area contributed by atoms with E-state index in [1.54, 1.807) is 0 Å². The Balaban J connectivity index is 1.97. The van der Waals surface area contributed by atoms with E-state index in [1.807, 2.05) is 18.2 Å². The van der Waals surface area contributed by atoms with Crippen LogP contribution in [0.25, 0.3) is 0 Å². The Hall–Kier alpha value is -1.35. The number of benzene rings is 2. The summed E-state index contributed by atoms with van der Waals surface area (Å²) in [7, 11) is 0. The molecule has 0 saturated carbocycles. The first-order chi connectivity index (χ1) is 12.7. The zero-order chi connectivity index (χ0) is 20.0. The van der Waals surface area contributed by atoms with Crippen LogP contribution < -0.4 is 10.6 Å². The third-order valence-electron chi connectivity index (χ3n) is 3.90. The minimum atomic E-state index is -0.931. The lowest BCUT2D eigenvalue weighted by Crippen LogP contribution is -2.48. The number of carbonyl (C=O) groups is 1. The number of nitrogens with one attached hydrogen (secondary N) is 2. The van der Waals surface area contributed by atoms with Gasteiger partial charge in [-0.1, -0.05) is 6.07 Å². The number of amides is 1. The number of rotatable bonds is 8. The molecule has 8 heteroatoms. The first-order valence-corrected chi connectivity index (χ1v) is 9.88. The zero-order valence-electron chi connectivity index (χ0n) is 14.6. The predicted octanol–water partition coefficient (Wildman–Crippen LogP) is 3.69. The summed E-state index contributed by atoms with van der Waals surface area (Å²) in [5, 5.41) is 16.2. The lowest BCUT2D eigenvalue weighted by molar-refractivity contribution is -0.120. The molecule has 0 aliphatic carbocycles. The molecule has 0 unspecified atom stereocenters. The van der Waals surface area contributed by atoms with E-state index in [0.29, 0.717) is 12.1 Å². The maximum Gasteiger partial charge on any atom is 0.217 e. The van der Waals surface area contributed by atoms with Gasteiger partial charge in [0.05, 0.1) is 12.1 Å². The summed E-state index contributed by atoms with van der Waals surface area (Å²) >= 11 is 6.84. The van der Waals surface area contributed by atoms with E-state index in [9.17, 15) is 18.7 Å². The molecule has 0 aliphatic rings. The van der Waals surface area contributed by atoms with Crippen LogP contribution in [0, 0.1) is 11.6 Å². The monoisotopic (exact) mass is 504 g/mol. The largest absolute Gasteiger partial charge is 0.390 e. The van der Waals surface area contributed by atoms with E-state index < -0.39 is 23.8 Å². The summed E-state index contributed by atoms with van der Waals surface area (Å²) < 4.78 is 28.6. The van der Waals surface area contributed by atoms with E-state index in [2.05, 4.69) is 42.5 Å². The summed E-state index contributed by atoms with van der Waals surface area (Å²) in [6.45, 7) is 2.05. The molecule has 0 fully saturated rings. The van der Waals surface area contributed by atoms with E-state index in [0.717, 1.165) is 20.6 Å². The van der Waals surface area contributed by atoms with Crippen LogP contribution in [0.15, 0.2) is 45.3 Å². The zero-order valence-corrected chi connectivity index (χ0v) is 17.8. The molecule has 27 heavy (non-hydrogen) atoms. The van der Waals surface area contributed by atoms with Crippen LogP contribution in [0.1, 0.15) is 18.1 Å². The van der Waals surface area contributed by atoms with Crippen LogP contribution >= 0.6 is 31.9 Å². The number of hydrogen-bond acceptors (Lipinski definition) is 3. The van der Waals surface area contributed by atoms with E-state index in [-0.39, 0.29) is 18.9 Å². The van der Waals surface area contributed by atoms with Crippen molar-refractivity contribution >= 4 is 37.8 Å². The fraction of sp³-hybridized carbons (Fsp3) is 0.316. The Morgan fingerprint density at radius 2 is 1.74 bits per heavy atom.